The summed E-state index contributed by atoms with van der Waals surface area (Å²) in [6.45, 7) is 0.0406. The van der Waals surface area contributed by atoms with E-state index in [0.717, 1.165) is 28.4 Å². The van der Waals surface area contributed by atoms with E-state index in [4.69, 9.17) is 5.11 Å². The minimum atomic E-state index is -1.05. The van der Waals surface area contributed by atoms with Crippen molar-refractivity contribution in [2.24, 2.45) is 0 Å². The van der Waals surface area contributed by atoms with Crippen LogP contribution < -0.4 is 4.90 Å². The Hall–Kier alpha value is -2.54. The number of nitrogens with zero attached hydrogens (tertiary/aromatic N) is 1. The lowest BCUT2D eigenvalue weighted by Gasteiger charge is -2.15. The molecular formula is C14H8FNO4S. The number of benzene rings is 1. The van der Waals surface area contributed by atoms with Gasteiger partial charge in [0.05, 0.1) is 17.8 Å². The van der Waals surface area contributed by atoms with Gasteiger partial charge in [0.25, 0.3) is 11.7 Å². The van der Waals surface area contributed by atoms with Crippen LogP contribution in [-0.2, 0) is 11.3 Å². The third-order valence-corrected chi connectivity index (χ3v) is 4.18. The van der Waals surface area contributed by atoms with Crippen LogP contribution in [0.3, 0.4) is 0 Å². The first-order chi connectivity index (χ1) is 9.97. The summed E-state index contributed by atoms with van der Waals surface area (Å²) in [4.78, 5) is 36.5. The highest BCUT2D eigenvalue weighted by molar-refractivity contribution is 7.13. The molecule has 1 aromatic carbocycles. The number of rotatable bonds is 3. The van der Waals surface area contributed by atoms with Gasteiger partial charge in [-0.15, -0.1) is 11.3 Å². The van der Waals surface area contributed by atoms with E-state index < -0.39 is 23.5 Å². The highest BCUT2D eigenvalue weighted by atomic mass is 32.1. The predicted octanol–water partition coefficient (Wildman–Crippen LogP) is 2.31. The number of hydrogen-bond donors (Lipinski definition) is 1. The molecule has 1 amide bonds. The van der Waals surface area contributed by atoms with Crippen LogP contribution in [0.1, 0.15) is 24.9 Å². The molecule has 3 rings (SSSR count). The number of amides is 1. The Kier molecular flexibility index (Phi) is 3.06. The molecule has 5 nitrogen and oxygen atoms in total. The number of aromatic carboxylic acids is 1. The lowest BCUT2D eigenvalue weighted by molar-refractivity contribution is -0.114. The second kappa shape index (κ2) is 4.78. The number of carbonyl (C=O) groups is 3. The van der Waals surface area contributed by atoms with Crippen LogP contribution in [0.25, 0.3) is 0 Å². The largest absolute Gasteiger partial charge is 0.477 e. The van der Waals surface area contributed by atoms with Crippen LogP contribution >= 0.6 is 11.3 Å². The maximum absolute atomic E-state index is 13.3. The number of anilines is 1. The van der Waals surface area contributed by atoms with Gasteiger partial charge in [-0.05, 0) is 30.3 Å². The Morgan fingerprint density at radius 1 is 1.24 bits per heavy atom. The molecule has 0 spiro atoms. The topological polar surface area (TPSA) is 74.7 Å². The van der Waals surface area contributed by atoms with Crippen molar-refractivity contribution in [1.82, 2.24) is 0 Å². The first-order valence-electron chi connectivity index (χ1n) is 5.95. The number of carbonyl (C=O) groups excluding carboxylic acids is 2. The van der Waals surface area contributed by atoms with E-state index in [1.54, 1.807) is 6.07 Å². The molecule has 0 atom stereocenters. The summed E-state index contributed by atoms with van der Waals surface area (Å²) in [6.07, 6.45) is 0. The minimum Gasteiger partial charge on any atom is -0.477 e. The standard InChI is InChI=1S/C14H8FNO4S/c15-7-1-3-9-10(5-7)16(13(18)12(9)17)6-8-2-4-11(21-8)14(19)20/h1-5H,6H2,(H,19,20). The van der Waals surface area contributed by atoms with Gasteiger partial charge < -0.3 is 5.11 Å². The van der Waals surface area contributed by atoms with E-state index in [9.17, 15) is 18.8 Å². The van der Waals surface area contributed by atoms with Gasteiger partial charge in [0.15, 0.2) is 0 Å². The number of Topliss-reactive ketones (excluding diaryl/α,β-unsaturated/α-hetero) is 1. The van der Waals surface area contributed by atoms with Gasteiger partial charge in [-0.3, -0.25) is 14.5 Å². The molecule has 7 heteroatoms. The number of carboxylic acids is 1. The van der Waals surface area contributed by atoms with E-state index in [2.05, 4.69) is 0 Å². The molecule has 1 aromatic heterocycles. The maximum atomic E-state index is 13.3. The van der Waals surface area contributed by atoms with E-state index in [-0.39, 0.29) is 22.7 Å². The molecule has 0 bridgehead atoms. The number of hydrogen-bond acceptors (Lipinski definition) is 4. The number of ketones is 1. The third-order valence-electron chi connectivity index (χ3n) is 3.12. The van der Waals surface area contributed by atoms with Crippen molar-refractivity contribution in [1.29, 1.82) is 0 Å². The Bertz CT molecular complexity index is 783. The van der Waals surface area contributed by atoms with Crippen molar-refractivity contribution in [3.05, 3.63) is 51.5 Å². The molecule has 0 radical (unpaired) electrons. The Morgan fingerprint density at radius 3 is 2.67 bits per heavy atom. The number of fused-ring (bicyclic) bond motifs is 1. The minimum absolute atomic E-state index is 0.0406. The van der Waals surface area contributed by atoms with Crippen LogP contribution in [0, 0.1) is 5.82 Å². The fourth-order valence-electron chi connectivity index (χ4n) is 2.16. The highest BCUT2D eigenvalue weighted by Crippen LogP contribution is 2.32. The first-order valence-corrected chi connectivity index (χ1v) is 6.77. The second-order valence-corrected chi connectivity index (χ2v) is 5.62. The van der Waals surface area contributed by atoms with Crippen LogP contribution in [0.5, 0.6) is 0 Å². The third kappa shape index (κ3) is 2.21. The van der Waals surface area contributed by atoms with Crippen molar-refractivity contribution in [3.63, 3.8) is 0 Å². The van der Waals surface area contributed by atoms with Crippen molar-refractivity contribution < 1.29 is 23.9 Å². The normalized spacial score (nSPS) is 13.7. The van der Waals surface area contributed by atoms with Gasteiger partial charge in [-0.25, -0.2) is 9.18 Å². The van der Waals surface area contributed by atoms with E-state index in [1.807, 2.05) is 0 Å². The molecular weight excluding hydrogens is 297 g/mol. The van der Waals surface area contributed by atoms with E-state index in [1.165, 1.54) is 12.1 Å². The van der Waals surface area contributed by atoms with E-state index >= 15 is 0 Å². The van der Waals surface area contributed by atoms with Gasteiger partial charge in [-0.1, -0.05) is 0 Å². The summed E-state index contributed by atoms with van der Waals surface area (Å²) >= 11 is 1.01. The molecule has 0 saturated carbocycles. The van der Waals surface area contributed by atoms with Crippen LogP contribution in [0.4, 0.5) is 10.1 Å². The summed E-state index contributed by atoms with van der Waals surface area (Å²) in [6, 6.07) is 6.54. The zero-order valence-corrected chi connectivity index (χ0v) is 11.3. The lowest BCUT2D eigenvalue weighted by atomic mass is 10.1. The van der Waals surface area contributed by atoms with Crippen LogP contribution in [0.15, 0.2) is 30.3 Å². The average molecular weight is 305 g/mol. The second-order valence-electron chi connectivity index (χ2n) is 4.45. The van der Waals surface area contributed by atoms with Gasteiger partial charge in [-0.2, -0.15) is 0 Å². The van der Waals surface area contributed by atoms with Gasteiger partial charge in [0, 0.05) is 4.88 Å². The van der Waals surface area contributed by atoms with Crippen LogP contribution in [-0.4, -0.2) is 22.8 Å². The molecule has 0 fully saturated rings. The molecule has 2 heterocycles. The van der Waals surface area contributed by atoms with Gasteiger partial charge in [0.1, 0.15) is 10.7 Å². The molecule has 21 heavy (non-hydrogen) atoms. The summed E-state index contributed by atoms with van der Waals surface area (Å²) < 4.78 is 13.3. The smallest absolute Gasteiger partial charge is 0.345 e. The molecule has 0 aliphatic carbocycles. The predicted molar refractivity (Wildman–Crippen MR) is 73.2 cm³/mol. The Labute approximate surface area is 122 Å². The monoisotopic (exact) mass is 305 g/mol. The SMILES string of the molecule is O=C(O)c1ccc(CN2C(=O)C(=O)c3ccc(F)cc32)s1. The molecule has 0 saturated heterocycles. The van der Waals surface area contributed by atoms with Gasteiger partial charge in [0.2, 0.25) is 0 Å². The Balaban J connectivity index is 1.95. The fraction of sp³-hybridized carbons (Fsp3) is 0.0714. The highest BCUT2D eigenvalue weighted by Gasteiger charge is 2.36. The number of carboxylic acid groups (broad SMARTS) is 1. The van der Waals surface area contributed by atoms with Crippen molar-refractivity contribution in [2.75, 3.05) is 4.90 Å². The van der Waals surface area contributed by atoms with E-state index in [0.29, 0.717) is 4.88 Å². The summed E-state index contributed by atoms with van der Waals surface area (Å²) in [7, 11) is 0. The number of thiophene rings is 1. The van der Waals surface area contributed by atoms with Gasteiger partial charge >= 0.3 is 5.97 Å². The van der Waals surface area contributed by atoms with Crippen molar-refractivity contribution >= 4 is 34.7 Å². The first kappa shape index (κ1) is 13.4. The molecule has 2 aromatic rings. The zero-order chi connectivity index (χ0) is 15.1. The fourth-order valence-corrected chi connectivity index (χ4v) is 2.99. The van der Waals surface area contributed by atoms with Crippen LogP contribution in [0.2, 0.25) is 0 Å². The molecule has 1 aliphatic heterocycles. The molecule has 106 valence electrons. The summed E-state index contributed by atoms with van der Waals surface area (Å²) in [5, 5.41) is 8.87. The summed E-state index contributed by atoms with van der Waals surface area (Å²) in [5.74, 6) is -3.01. The average Bonchev–Trinajstić information content (AvgIpc) is 2.99. The summed E-state index contributed by atoms with van der Waals surface area (Å²) in [5.41, 5.74) is 0.381. The zero-order valence-electron chi connectivity index (χ0n) is 10.5. The van der Waals surface area contributed by atoms with Crippen molar-refractivity contribution in [3.8, 4) is 0 Å². The Morgan fingerprint density at radius 2 is 2.00 bits per heavy atom. The maximum Gasteiger partial charge on any atom is 0.345 e. The van der Waals surface area contributed by atoms with Crippen molar-refractivity contribution in [2.45, 2.75) is 6.54 Å². The number of halogens is 1. The molecule has 1 aliphatic rings. The lowest BCUT2D eigenvalue weighted by Crippen LogP contribution is -2.28. The molecule has 1 N–H and O–H groups in total. The quantitative estimate of drug-likeness (QED) is 0.883. The molecule has 0 unspecified atom stereocenters.